The summed E-state index contributed by atoms with van der Waals surface area (Å²) in [7, 11) is 0. The predicted octanol–water partition coefficient (Wildman–Crippen LogP) is -0.192. The van der Waals surface area contributed by atoms with E-state index < -0.39 is 0 Å². The summed E-state index contributed by atoms with van der Waals surface area (Å²) in [6.07, 6.45) is 0. The topological polar surface area (TPSA) is 47.6 Å². The first-order valence-electron chi connectivity index (χ1n) is 1.64. The maximum absolute atomic E-state index is 8.07. The van der Waals surface area contributed by atoms with Gasteiger partial charge in [-0.05, 0) is 0 Å². The summed E-state index contributed by atoms with van der Waals surface area (Å²) in [5.74, 6) is 0. The molecule has 0 saturated heterocycles. The first-order chi connectivity index (χ1) is 3.72. The molecule has 0 amide bonds. The Labute approximate surface area is 115 Å². The molecule has 0 aliphatic rings. The third kappa shape index (κ3) is 7.53. The Morgan fingerprint density at radius 2 is 1.30 bits per heavy atom. The Bertz CT molecular complexity index is 180. The van der Waals surface area contributed by atoms with E-state index in [0.717, 1.165) is 0 Å². The third-order valence-corrected chi connectivity index (χ3v) is 0.894. The zero-order valence-corrected chi connectivity index (χ0v) is 5.58. The summed E-state index contributed by atoms with van der Waals surface area (Å²) in [5, 5.41) is 16.1. The second-order valence-corrected chi connectivity index (χ2v) is 2.17. The van der Waals surface area contributed by atoms with Gasteiger partial charge in [-0.3, -0.25) is 0 Å². The van der Waals surface area contributed by atoms with E-state index in [1.807, 2.05) is 0 Å². The number of thiol groups is 2. The number of hydrogen-bond acceptors (Lipinski definition) is 4. The van der Waals surface area contributed by atoms with Gasteiger partial charge in [0.15, 0.2) is 0 Å². The zero-order valence-electron chi connectivity index (χ0n) is 3.79. The minimum absolute atomic E-state index is 0. The molecule has 0 aromatic heterocycles. The van der Waals surface area contributed by atoms with E-state index in [1.165, 1.54) is 0 Å². The molecule has 2 nitrogen and oxygen atoms in total. The fourth-order valence-corrected chi connectivity index (χ4v) is 0.325. The number of nitrogens with zero attached hydrogens (tertiary/aromatic N) is 2. The first kappa shape index (κ1) is 17.5. The third-order valence-electron chi connectivity index (χ3n) is 0.447. The van der Waals surface area contributed by atoms with Gasteiger partial charge in [0.05, 0.1) is 4.24 Å². The molecular formula is C4H4N2Na2S2. The Balaban J connectivity index is -0.000000245. The molecule has 0 spiro atoms. The molecule has 0 aromatic rings. The SMILES string of the molecule is N#CC(C#N)=C(S)S.[NaH].[NaH]. The quantitative estimate of drug-likeness (QED) is 0.316. The van der Waals surface area contributed by atoms with Gasteiger partial charge in [-0.2, -0.15) is 10.5 Å². The summed E-state index contributed by atoms with van der Waals surface area (Å²) < 4.78 is 0.162. The molecule has 0 rings (SSSR count). The average Bonchev–Trinajstić information content (AvgIpc) is 1.69. The van der Waals surface area contributed by atoms with E-state index in [-0.39, 0.29) is 68.9 Å². The van der Waals surface area contributed by atoms with Crippen LogP contribution in [0.1, 0.15) is 0 Å². The summed E-state index contributed by atoms with van der Waals surface area (Å²) in [4.78, 5) is 0. The average molecular weight is 190 g/mol. The van der Waals surface area contributed by atoms with Crippen LogP contribution in [0.3, 0.4) is 0 Å². The zero-order chi connectivity index (χ0) is 6.57. The minimum atomic E-state index is -0.0586. The molecule has 0 atom stereocenters. The van der Waals surface area contributed by atoms with E-state index in [1.54, 1.807) is 12.1 Å². The van der Waals surface area contributed by atoms with Crippen molar-refractivity contribution in [2.75, 3.05) is 0 Å². The molecule has 0 aliphatic heterocycles. The number of rotatable bonds is 0. The molecule has 0 N–H and O–H groups in total. The van der Waals surface area contributed by atoms with Gasteiger partial charge in [0, 0.05) is 0 Å². The monoisotopic (exact) mass is 190 g/mol. The van der Waals surface area contributed by atoms with Crippen molar-refractivity contribution in [3.05, 3.63) is 9.81 Å². The molecule has 0 bridgehead atoms. The van der Waals surface area contributed by atoms with Gasteiger partial charge in [-0.25, -0.2) is 0 Å². The molecule has 0 aromatic carbocycles. The van der Waals surface area contributed by atoms with Crippen LogP contribution in [0.5, 0.6) is 0 Å². The van der Waals surface area contributed by atoms with E-state index in [9.17, 15) is 0 Å². The van der Waals surface area contributed by atoms with Crippen molar-refractivity contribution in [2.24, 2.45) is 0 Å². The molecule has 0 radical (unpaired) electrons. The number of hydrogen-bond donors (Lipinski definition) is 2. The van der Waals surface area contributed by atoms with Gasteiger partial charge in [0.25, 0.3) is 0 Å². The van der Waals surface area contributed by atoms with Crippen LogP contribution >= 0.6 is 25.3 Å². The van der Waals surface area contributed by atoms with Gasteiger partial charge < -0.3 is 0 Å². The van der Waals surface area contributed by atoms with Gasteiger partial charge in [0.1, 0.15) is 17.7 Å². The van der Waals surface area contributed by atoms with Crippen LogP contribution in [0.25, 0.3) is 0 Å². The van der Waals surface area contributed by atoms with Gasteiger partial charge in [0.2, 0.25) is 0 Å². The summed E-state index contributed by atoms with van der Waals surface area (Å²) >= 11 is 7.30. The van der Waals surface area contributed by atoms with Crippen LogP contribution in [0, 0.1) is 22.7 Å². The molecule has 44 valence electrons. The molecular weight excluding hydrogens is 186 g/mol. The molecule has 0 unspecified atom stereocenters. The van der Waals surface area contributed by atoms with Crippen LogP contribution in [0.4, 0.5) is 0 Å². The molecule has 0 saturated carbocycles. The normalized spacial score (nSPS) is 5.20. The molecule has 6 heteroatoms. The Morgan fingerprint density at radius 3 is 1.30 bits per heavy atom. The van der Waals surface area contributed by atoms with Crippen molar-refractivity contribution in [3.8, 4) is 12.1 Å². The van der Waals surface area contributed by atoms with Gasteiger partial charge in [-0.1, -0.05) is 0 Å². The fourth-order valence-electron chi connectivity index (χ4n) is 0.125. The van der Waals surface area contributed by atoms with E-state index in [2.05, 4.69) is 25.3 Å². The van der Waals surface area contributed by atoms with Crippen LogP contribution < -0.4 is 0 Å². The van der Waals surface area contributed by atoms with Gasteiger partial charge in [-0.15, -0.1) is 25.3 Å². The van der Waals surface area contributed by atoms with Crippen molar-refractivity contribution in [3.63, 3.8) is 0 Å². The summed E-state index contributed by atoms with van der Waals surface area (Å²) in [5.41, 5.74) is -0.0586. The van der Waals surface area contributed by atoms with E-state index in [4.69, 9.17) is 10.5 Å². The maximum atomic E-state index is 8.07. The van der Waals surface area contributed by atoms with Crippen molar-refractivity contribution < 1.29 is 0 Å². The van der Waals surface area contributed by atoms with Crippen LogP contribution in [0.15, 0.2) is 9.81 Å². The van der Waals surface area contributed by atoms with Crippen molar-refractivity contribution >= 4 is 84.4 Å². The van der Waals surface area contributed by atoms with Crippen LogP contribution in [0.2, 0.25) is 0 Å². The molecule has 10 heavy (non-hydrogen) atoms. The summed E-state index contributed by atoms with van der Waals surface area (Å²) in [6.45, 7) is 0. The molecule has 0 heterocycles. The van der Waals surface area contributed by atoms with E-state index in [0.29, 0.717) is 0 Å². The molecule has 0 aliphatic carbocycles. The number of allylic oxidation sites excluding steroid dienone is 1. The van der Waals surface area contributed by atoms with Crippen LogP contribution in [-0.4, -0.2) is 59.1 Å². The van der Waals surface area contributed by atoms with Crippen molar-refractivity contribution in [2.45, 2.75) is 0 Å². The predicted molar refractivity (Wildman–Crippen MR) is 50.5 cm³/mol. The summed E-state index contributed by atoms with van der Waals surface area (Å²) in [6, 6.07) is 3.23. The van der Waals surface area contributed by atoms with Gasteiger partial charge >= 0.3 is 59.1 Å². The van der Waals surface area contributed by atoms with E-state index >= 15 is 0 Å². The Hall–Kier alpha value is 1.42. The van der Waals surface area contributed by atoms with Crippen molar-refractivity contribution in [1.82, 2.24) is 0 Å². The van der Waals surface area contributed by atoms with Crippen molar-refractivity contribution in [1.29, 1.82) is 10.5 Å². The standard InChI is InChI=1S/C4H2N2S2.2Na.2H/c5-1-3(2-6)4(7)8;;;;/h7-8H;;;;. The fraction of sp³-hybridized carbons (Fsp3) is 0. The second-order valence-electron chi connectivity index (χ2n) is 0.922. The molecule has 0 fully saturated rings. The Kier molecular flexibility index (Phi) is 18.2. The number of nitriles is 2. The Morgan fingerprint density at radius 1 is 1.00 bits per heavy atom. The van der Waals surface area contributed by atoms with Crippen LogP contribution in [-0.2, 0) is 0 Å². The first-order valence-corrected chi connectivity index (χ1v) is 2.54. The second kappa shape index (κ2) is 10.4.